The van der Waals surface area contributed by atoms with Gasteiger partial charge in [-0.1, -0.05) is 38.4 Å². The zero-order chi connectivity index (χ0) is 14.4. The minimum atomic E-state index is 0.676. The third kappa shape index (κ3) is 3.67. The molecule has 0 amide bonds. The minimum absolute atomic E-state index is 0.676. The summed E-state index contributed by atoms with van der Waals surface area (Å²) in [6, 6.07) is 5.57. The second kappa shape index (κ2) is 7.10. The molecule has 0 fully saturated rings. The molecule has 19 heavy (non-hydrogen) atoms. The molecule has 0 radical (unpaired) electrons. The molecule has 1 aromatic rings. The smallest absolute Gasteiger partial charge is 0.128 e. The molecular weight excluding hydrogens is 258 g/mol. The third-order valence-electron chi connectivity index (χ3n) is 2.34. The van der Waals surface area contributed by atoms with Gasteiger partial charge in [0.25, 0.3) is 0 Å². The van der Waals surface area contributed by atoms with Gasteiger partial charge >= 0.3 is 0 Å². The lowest BCUT2D eigenvalue weighted by molar-refractivity contribution is 0.624. The number of amidine groups is 1. The van der Waals surface area contributed by atoms with E-state index in [1.54, 1.807) is 11.2 Å². The molecule has 0 bridgehead atoms. The summed E-state index contributed by atoms with van der Waals surface area (Å²) < 4.78 is 0. The van der Waals surface area contributed by atoms with Gasteiger partial charge in [-0.15, -0.1) is 0 Å². The van der Waals surface area contributed by atoms with Gasteiger partial charge in [0.1, 0.15) is 5.84 Å². The van der Waals surface area contributed by atoms with E-state index in [2.05, 4.69) is 30.5 Å². The maximum absolute atomic E-state index is 5.96. The maximum Gasteiger partial charge on any atom is 0.128 e. The van der Waals surface area contributed by atoms with Crippen molar-refractivity contribution < 1.29 is 0 Å². The highest BCUT2D eigenvalue weighted by atomic mass is 35.5. The van der Waals surface area contributed by atoms with Gasteiger partial charge in [-0.2, -0.15) is 5.10 Å². The van der Waals surface area contributed by atoms with Crippen LogP contribution in [0.1, 0.15) is 39.7 Å². The summed E-state index contributed by atoms with van der Waals surface area (Å²) in [5.74, 6) is 0.804. The van der Waals surface area contributed by atoms with E-state index in [9.17, 15) is 0 Å². The molecule has 0 aliphatic carbocycles. The Labute approximate surface area is 120 Å². The number of benzene rings is 1. The molecule has 102 valence electrons. The van der Waals surface area contributed by atoms with Crippen LogP contribution in [0.3, 0.4) is 0 Å². The van der Waals surface area contributed by atoms with Crippen LogP contribution in [0.15, 0.2) is 34.9 Å². The Morgan fingerprint density at radius 1 is 1.42 bits per heavy atom. The minimum Gasteiger partial charge on any atom is -0.233 e. The largest absolute Gasteiger partial charge is 0.233 e. The van der Waals surface area contributed by atoms with Crippen molar-refractivity contribution in [3.63, 3.8) is 0 Å². The normalized spacial score (nSPS) is 13.8. The molecule has 1 heterocycles. The number of hydrogen-bond acceptors (Lipinski definition) is 3. The van der Waals surface area contributed by atoms with E-state index in [1.807, 2.05) is 32.0 Å². The van der Waals surface area contributed by atoms with Gasteiger partial charge in [-0.05, 0) is 32.0 Å². The number of halogens is 1. The molecule has 0 aromatic heterocycles. The fourth-order valence-corrected chi connectivity index (χ4v) is 1.81. The molecular formula is C15H20ClN3. The highest BCUT2D eigenvalue weighted by Crippen LogP contribution is 2.34. The fraction of sp³-hybridized carbons (Fsp3) is 0.333. The first-order valence-corrected chi connectivity index (χ1v) is 6.75. The van der Waals surface area contributed by atoms with Crippen LogP contribution in [0.25, 0.3) is 5.70 Å². The van der Waals surface area contributed by atoms with Gasteiger partial charge in [0.15, 0.2) is 0 Å². The second-order valence-corrected chi connectivity index (χ2v) is 4.60. The molecule has 0 spiro atoms. The van der Waals surface area contributed by atoms with Crippen LogP contribution in [0.2, 0.25) is 5.02 Å². The van der Waals surface area contributed by atoms with Crippen molar-refractivity contribution in [3.05, 3.63) is 35.4 Å². The van der Waals surface area contributed by atoms with Gasteiger partial charge in [0.2, 0.25) is 0 Å². The fourth-order valence-electron chi connectivity index (χ4n) is 1.64. The summed E-state index contributed by atoms with van der Waals surface area (Å²) in [4.78, 5) is 4.45. The van der Waals surface area contributed by atoms with Crippen LogP contribution in [0.5, 0.6) is 0 Å². The van der Waals surface area contributed by atoms with Crippen molar-refractivity contribution in [3.8, 4) is 0 Å². The SMILES string of the molecule is C=C1c2cc(Cl)ccc2N=C(C)N1/N=C\C.CCC. The van der Waals surface area contributed by atoms with Gasteiger partial charge in [-0.3, -0.25) is 0 Å². The number of fused-ring (bicyclic) bond motifs is 1. The van der Waals surface area contributed by atoms with Crippen molar-refractivity contribution >= 4 is 35.0 Å². The first-order valence-electron chi connectivity index (χ1n) is 6.37. The van der Waals surface area contributed by atoms with Crippen molar-refractivity contribution in [2.24, 2.45) is 10.1 Å². The lowest BCUT2D eigenvalue weighted by Crippen LogP contribution is -2.24. The molecule has 1 aliphatic heterocycles. The molecule has 3 nitrogen and oxygen atoms in total. The van der Waals surface area contributed by atoms with E-state index in [1.165, 1.54) is 6.42 Å². The molecule has 0 N–H and O–H groups in total. The predicted molar refractivity (Wildman–Crippen MR) is 85.2 cm³/mol. The van der Waals surface area contributed by atoms with Crippen molar-refractivity contribution in [2.45, 2.75) is 34.1 Å². The van der Waals surface area contributed by atoms with E-state index in [4.69, 9.17) is 11.6 Å². The number of nitrogens with zero attached hydrogens (tertiary/aromatic N) is 3. The van der Waals surface area contributed by atoms with Crippen LogP contribution in [0.4, 0.5) is 5.69 Å². The van der Waals surface area contributed by atoms with Crippen LogP contribution in [0, 0.1) is 0 Å². The maximum atomic E-state index is 5.96. The van der Waals surface area contributed by atoms with Crippen LogP contribution in [-0.4, -0.2) is 17.1 Å². The standard InChI is InChI=1S/C12H12ClN3.C3H8/c1-4-14-16-8(2)11-7-10(13)5-6-12(11)15-9(16)3;1-3-2/h4-7H,2H2,1,3H3;3H2,1-2H3/b14-4-;. The zero-order valence-electron chi connectivity index (χ0n) is 11.9. The van der Waals surface area contributed by atoms with Gasteiger partial charge in [0.05, 0.1) is 11.4 Å². The lowest BCUT2D eigenvalue weighted by atomic mass is 10.1. The highest BCUT2D eigenvalue weighted by Gasteiger charge is 2.20. The molecule has 0 atom stereocenters. The third-order valence-corrected chi connectivity index (χ3v) is 2.58. The zero-order valence-corrected chi connectivity index (χ0v) is 12.7. The average Bonchev–Trinajstić information content (AvgIpc) is 2.37. The van der Waals surface area contributed by atoms with Gasteiger partial charge < -0.3 is 0 Å². The Morgan fingerprint density at radius 3 is 2.63 bits per heavy atom. The van der Waals surface area contributed by atoms with Crippen molar-refractivity contribution in [2.75, 3.05) is 0 Å². The summed E-state index contributed by atoms with van der Waals surface area (Å²) in [5.41, 5.74) is 2.60. The highest BCUT2D eigenvalue weighted by molar-refractivity contribution is 6.31. The van der Waals surface area contributed by atoms with Gasteiger partial charge in [-0.25, -0.2) is 10.0 Å². The molecule has 1 aliphatic rings. The first-order chi connectivity index (χ1) is 9.04. The summed E-state index contributed by atoms with van der Waals surface area (Å²) in [6.07, 6.45) is 2.96. The topological polar surface area (TPSA) is 28.0 Å². The number of hydrazone groups is 1. The summed E-state index contributed by atoms with van der Waals surface area (Å²) in [7, 11) is 0. The molecule has 0 saturated heterocycles. The Kier molecular flexibility index (Phi) is 5.77. The van der Waals surface area contributed by atoms with E-state index in [0.717, 1.165) is 22.8 Å². The first kappa shape index (κ1) is 15.4. The number of rotatable bonds is 1. The Bertz CT molecular complexity index is 518. The summed E-state index contributed by atoms with van der Waals surface area (Å²) >= 11 is 5.96. The van der Waals surface area contributed by atoms with Crippen LogP contribution >= 0.6 is 11.6 Å². The van der Waals surface area contributed by atoms with Crippen LogP contribution < -0.4 is 0 Å². The second-order valence-electron chi connectivity index (χ2n) is 4.16. The van der Waals surface area contributed by atoms with E-state index >= 15 is 0 Å². The molecule has 0 unspecified atom stereocenters. The molecule has 4 heteroatoms. The van der Waals surface area contributed by atoms with Crippen LogP contribution in [-0.2, 0) is 0 Å². The molecule has 2 rings (SSSR count). The molecule has 0 saturated carbocycles. The van der Waals surface area contributed by atoms with E-state index < -0.39 is 0 Å². The average molecular weight is 278 g/mol. The number of hydrogen-bond donors (Lipinski definition) is 0. The Hall–Kier alpha value is -1.61. The quantitative estimate of drug-likeness (QED) is 0.657. The number of aliphatic imine (C=N–C) groups is 1. The monoisotopic (exact) mass is 277 g/mol. The van der Waals surface area contributed by atoms with E-state index in [-0.39, 0.29) is 0 Å². The lowest BCUT2D eigenvalue weighted by Gasteiger charge is -2.26. The predicted octanol–water partition coefficient (Wildman–Crippen LogP) is 5.10. The Balaban J connectivity index is 0.000000550. The van der Waals surface area contributed by atoms with E-state index in [0.29, 0.717) is 5.02 Å². The summed E-state index contributed by atoms with van der Waals surface area (Å²) in [6.45, 7) is 12.0. The van der Waals surface area contributed by atoms with Crippen molar-refractivity contribution in [1.29, 1.82) is 0 Å². The molecule has 1 aromatic carbocycles. The van der Waals surface area contributed by atoms with Crippen molar-refractivity contribution in [1.82, 2.24) is 5.01 Å². The summed E-state index contributed by atoms with van der Waals surface area (Å²) in [5, 5.41) is 6.59. The van der Waals surface area contributed by atoms with Gasteiger partial charge in [0, 0.05) is 16.8 Å². The Morgan fingerprint density at radius 2 is 2.05 bits per heavy atom.